The molecule has 0 fully saturated rings. The van der Waals surface area contributed by atoms with Gasteiger partial charge in [0.15, 0.2) is 0 Å². The summed E-state index contributed by atoms with van der Waals surface area (Å²) in [6.45, 7) is 1.74. The van der Waals surface area contributed by atoms with Gasteiger partial charge in [0, 0.05) is 12.1 Å². The predicted molar refractivity (Wildman–Crippen MR) is 76.4 cm³/mol. The standard InChI is InChI=1S/C13H10N2O6S/c1-9-5-7-10(8-6-9)22(20,21)13-11(14(16)17)3-2-4-12(13)15(18)19/h2-8H,1H3. The van der Waals surface area contributed by atoms with Gasteiger partial charge in [0.2, 0.25) is 14.7 Å². The molecule has 114 valence electrons. The third-order valence-electron chi connectivity index (χ3n) is 2.97. The summed E-state index contributed by atoms with van der Waals surface area (Å²) in [5.74, 6) is 0. The minimum atomic E-state index is -4.39. The average Bonchev–Trinajstić information content (AvgIpc) is 2.46. The van der Waals surface area contributed by atoms with E-state index in [1.807, 2.05) is 0 Å². The van der Waals surface area contributed by atoms with E-state index in [0.717, 1.165) is 23.8 Å². The summed E-state index contributed by atoms with van der Waals surface area (Å²) in [4.78, 5) is 19.0. The third-order valence-corrected chi connectivity index (χ3v) is 4.82. The van der Waals surface area contributed by atoms with E-state index < -0.39 is 36.0 Å². The van der Waals surface area contributed by atoms with Crippen LogP contribution in [0.3, 0.4) is 0 Å². The molecule has 0 aliphatic heterocycles. The normalized spacial score (nSPS) is 11.1. The highest BCUT2D eigenvalue weighted by Gasteiger charge is 2.36. The van der Waals surface area contributed by atoms with E-state index in [0.29, 0.717) is 0 Å². The molecular weight excluding hydrogens is 312 g/mol. The van der Waals surface area contributed by atoms with E-state index in [-0.39, 0.29) is 4.90 Å². The average molecular weight is 322 g/mol. The fourth-order valence-electron chi connectivity index (χ4n) is 1.91. The molecule has 9 heteroatoms. The number of hydrogen-bond donors (Lipinski definition) is 0. The number of benzene rings is 2. The molecule has 0 N–H and O–H groups in total. The van der Waals surface area contributed by atoms with Gasteiger partial charge in [-0.05, 0) is 25.1 Å². The molecule has 0 saturated heterocycles. The third kappa shape index (κ3) is 2.66. The number of rotatable bonds is 4. The van der Waals surface area contributed by atoms with Crippen molar-refractivity contribution in [1.29, 1.82) is 0 Å². The van der Waals surface area contributed by atoms with Crippen LogP contribution in [-0.2, 0) is 9.84 Å². The molecule has 0 amide bonds. The van der Waals surface area contributed by atoms with Gasteiger partial charge in [-0.3, -0.25) is 20.2 Å². The van der Waals surface area contributed by atoms with Gasteiger partial charge in [0.05, 0.1) is 14.7 Å². The molecule has 0 spiro atoms. The Morgan fingerprint density at radius 1 is 0.864 bits per heavy atom. The second-order valence-electron chi connectivity index (χ2n) is 4.46. The Morgan fingerprint density at radius 3 is 1.73 bits per heavy atom. The summed E-state index contributed by atoms with van der Waals surface area (Å²) in [6.07, 6.45) is 0. The maximum absolute atomic E-state index is 12.6. The quantitative estimate of drug-likeness (QED) is 0.630. The highest BCUT2D eigenvalue weighted by molar-refractivity contribution is 7.91. The lowest BCUT2D eigenvalue weighted by molar-refractivity contribution is -0.399. The maximum Gasteiger partial charge on any atom is 0.295 e. The molecule has 0 atom stereocenters. The summed E-state index contributed by atoms with van der Waals surface area (Å²) in [5.41, 5.74) is -0.861. The summed E-state index contributed by atoms with van der Waals surface area (Å²) in [6, 6.07) is 8.45. The number of aryl methyl sites for hydroxylation is 1. The van der Waals surface area contributed by atoms with E-state index in [9.17, 15) is 28.6 Å². The summed E-state index contributed by atoms with van der Waals surface area (Å²) >= 11 is 0. The van der Waals surface area contributed by atoms with Crippen molar-refractivity contribution in [2.45, 2.75) is 16.7 Å². The van der Waals surface area contributed by atoms with Crippen LogP contribution in [-0.4, -0.2) is 18.3 Å². The van der Waals surface area contributed by atoms with Crippen molar-refractivity contribution in [3.63, 3.8) is 0 Å². The van der Waals surface area contributed by atoms with Crippen molar-refractivity contribution in [3.05, 3.63) is 68.3 Å². The number of nitro groups is 2. The molecule has 2 aromatic carbocycles. The van der Waals surface area contributed by atoms with Gasteiger partial charge in [-0.25, -0.2) is 8.42 Å². The van der Waals surface area contributed by atoms with Gasteiger partial charge in [0.1, 0.15) is 0 Å². The van der Waals surface area contributed by atoms with Crippen molar-refractivity contribution in [2.75, 3.05) is 0 Å². The first-order valence-electron chi connectivity index (χ1n) is 5.98. The Labute approximate surface area is 125 Å². The molecule has 0 radical (unpaired) electrons. The highest BCUT2D eigenvalue weighted by atomic mass is 32.2. The maximum atomic E-state index is 12.6. The van der Waals surface area contributed by atoms with Gasteiger partial charge >= 0.3 is 0 Å². The van der Waals surface area contributed by atoms with Crippen molar-refractivity contribution in [2.24, 2.45) is 0 Å². The minimum Gasteiger partial charge on any atom is -0.258 e. The topological polar surface area (TPSA) is 120 Å². The Hall–Kier alpha value is -2.81. The zero-order valence-corrected chi connectivity index (χ0v) is 12.1. The predicted octanol–water partition coefficient (Wildman–Crippen LogP) is 2.64. The first-order valence-corrected chi connectivity index (χ1v) is 7.47. The molecule has 0 aromatic heterocycles. The molecule has 2 aromatic rings. The number of nitrogens with zero attached hydrogens (tertiary/aromatic N) is 2. The Bertz CT molecular complexity index is 826. The molecule has 0 heterocycles. The Kier molecular flexibility index (Phi) is 3.91. The van der Waals surface area contributed by atoms with E-state index in [1.54, 1.807) is 6.92 Å². The van der Waals surface area contributed by atoms with Crippen LogP contribution in [0, 0.1) is 27.2 Å². The smallest absolute Gasteiger partial charge is 0.258 e. The van der Waals surface area contributed by atoms with Crippen molar-refractivity contribution in [3.8, 4) is 0 Å². The van der Waals surface area contributed by atoms with Crippen molar-refractivity contribution >= 4 is 21.2 Å². The van der Waals surface area contributed by atoms with Crippen LogP contribution in [0.5, 0.6) is 0 Å². The number of sulfone groups is 1. The number of hydrogen-bond acceptors (Lipinski definition) is 6. The molecule has 22 heavy (non-hydrogen) atoms. The molecule has 0 bridgehead atoms. The Morgan fingerprint density at radius 2 is 1.32 bits per heavy atom. The zero-order valence-electron chi connectivity index (χ0n) is 11.3. The van der Waals surface area contributed by atoms with Crippen LogP contribution in [0.15, 0.2) is 52.3 Å². The number of nitro benzene ring substituents is 2. The van der Waals surface area contributed by atoms with Gasteiger partial charge in [-0.2, -0.15) is 0 Å². The van der Waals surface area contributed by atoms with Crippen LogP contribution in [0.25, 0.3) is 0 Å². The van der Waals surface area contributed by atoms with Crippen LogP contribution in [0.2, 0.25) is 0 Å². The van der Waals surface area contributed by atoms with Crippen molar-refractivity contribution in [1.82, 2.24) is 0 Å². The van der Waals surface area contributed by atoms with Crippen LogP contribution in [0.4, 0.5) is 11.4 Å². The fraction of sp³-hybridized carbons (Fsp3) is 0.0769. The molecule has 0 unspecified atom stereocenters. The fourth-order valence-corrected chi connectivity index (χ4v) is 3.48. The van der Waals surface area contributed by atoms with Crippen LogP contribution < -0.4 is 0 Å². The van der Waals surface area contributed by atoms with E-state index >= 15 is 0 Å². The first kappa shape index (κ1) is 15.6. The summed E-state index contributed by atoms with van der Waals surface area (Å²) < 4.78 is 25.2. The van der Waals surface area contributed by atoms with Gasteiger partial charge in [-0.1, -0.05) is 17.7 Å². The monoisotopic (exact) mass is 322 g/mol. The zero-order chi connectivity index (χ0) is 16.5. The lowest BCUT2D eigenvalue weighted by Crippen LogP contribution is -2.09. The first-order chi connectivity index (χ1) is 10.2. The lowest BCUT2D eigenvalue weighted by atomic mass is 10.2. The SMILES string of the molecule is Cc1ccc(S(=O)(=O)c2c([N+](=O)[O-])cccc2[N+](=O)[O-])cc1. The molecule has 0 aliphatic carbocycles. The van der Waals surface area contributed by atoms with E-state index in [4.69, 9.17) is 0 Å². The van der Waals surface area contributed by atoms with Crippen molar-refractivity contribution < 1.29 is 18.3 Å². The molecule has 2 rings (SSSR count). The summed E-state index contributed by atoms with van der Waals surface area (Å²) in [5, 5.41) is 22.1. The second kappa shape index (κ2) is 5.53. The second-order valence-corrected chi connectivity index (χ2v) is 6.34. The van der Waals surface area contributed by atoms with E-state index in [2.05, 4.69) is 0 Å². The van der Waals surface area contributed by atoms with Gasteiger partial charge in [0.25, 0.3) is 11.4 Å². The lowest BCUT2D eigenvalue weighted by Gasteiger charge is -2.06. The van der Waals surface area contributed by atoms with E-state index in [1.165, 1.54) is 24.3 Å². The largest absolute Gasteiger partial charge is 0.295 e. The minimum absolute atomic E-state index is 0.240. The molecular formula is C13H10N2O6S. The Balaban J connectivity index is 2.82. The molecule has 8 nitrogen and oxygen atoms in total. The molecule has 0 saturated carbocycles. The van der Waals surface area contributed by atoms with Gasteiger partial charge < -0.3 is 0 Å². The van der Waals surface area contributed by atoms with Gasteiger partial charge in [-0.15, -0.1) is 0 Å². The van der Waals surface area contributed by atoms with Crippen LogP contribution >= 0.6 is 0 Å². The highest BCUT2D eigenvalue weighted by Crippen LogP contribution is 2.36. The summed E-state index contributed by atoms with van der Waals surface area (Å²) in [7, 11) is -4.39. The molecule has 0 aliphatic rings. The van der Waals surface area contributed by atoms with Crippen LogP contribution in [0.1, 0.15) is 5.56 Å².